The van der Waals surface area contributed by atoms with Crippen molar-refractivity contribution in [3.63, 3.8) is 0 Å². The summed E-state index contributed by atoms with van der Waals surface area (Å²) in [5, 5.41) is 37.0. The van der Waals surface area contributed by atoms with E-state index in [2.05, 4.69) is 21.7 Å². The molecule has 2 amide bonds. The number of ether oxygens (including phenoxy) is 1. The molecule has 0 saturated carbocycles. The lowest BCUT2D eigenvalue weighted by Gasteiger charge is -2.24. The summed E-state index contributed by atoms with van der Waals surface area (Å²) in [6.45, 7) is 3.96. The molecular formula is C44H44N4O7. The number of fused-ring (bicyclic) bond motifs is 1. The third-order valence-electron chi connectivity index (χ3n) is 9.33. The molecule has 11 nitrogen and oxygen atoms in total. The predicted molar refractivity (Wildman–Crippen MR) is 211 cm³/mol. The van der Waals surface area contributed by atoms with Crippen LogP contribution in [0.25, 0.3) is 10.9 Å². The molecule has 0 fully saturated rings. The molecule has 1 heterocycles. The molecule has 55 heavy (non-hydrogen) atoms. The molecule has 0 saturated heterocycles. The number of aromatic amines is 1. The van der Waals surface area contributed by atoms with Gasteiger partial charge in [0.15, 0.2) is 0 Å². The average Bonchev–Trinajstić information content (AvgIpc) is 3.19. The maximum atomic E-state index is 13.9. The predicted octanol–water partition coefficient (Wildman–Crippen LogP) is 6.83. The number of H-pyrrole nitrogens is 1. The molecule has 0 spiro atoms. The highest BCUT2D eigenvalue weighted by molar-refractivity contribution is 5.94. The largest absolute Gasteiger partial charge is 0.506 e. The maximum Gasteiger partial charge on any atom is 0.405 e. The lowest BCUT2D eigenvalue weighted by atomic mass is 9.98. The fraction of sp³-hybridized carbons (Fsp3) is 0.205. The Bertz CT molecular complexity index is 2290. The average molecular weight is 741 g/mol. The number of aromatic hydroxyl groups is 1. The van der Waals surface area contributed by atoms with E-state index in [0.29, 0.717) is 48.3 Å². The molecule has 2 atom stereocenters. The molecule has 5 aromatic carbocycles. The van der Waals surface area contributed by atoms with E-state index in [9.17, 15) is 29.7 Å². The molecular weight excluding hydrogens is 697 g/mol. The van der Waals surface area contributed by atoms with Crippen LogP contribution < -0.4 is 20.9 Å². The number of hydrogen-bond donors (Lipinski definition) is 6. The van der Waals surface area contributed by atoms with Crippen molar-refractivity contribution in [3.05, 3.63) is 177 Å². The lowest BCUT2D eigenvalue weighted by Crippen LogP contribution is -2.33. The van der Waals surface area contributed by atoms with Crippen molar-refractivity contribution in [1.29, 1.82) is 0 Å². The van der Waals surface area contributed by atoms with E-state index in [-0.39, 0.29) is 35.9 Å². The van der Waals surface area contributed by atoms with Crippen molar-refractivity contribution in [1.82, 2.24) is 20.5 Å². The highest BCUT2D eigenvalue weighted by Crippen LogP contribution is 2.29. The van der Waals surface area contributed by atoms with E-state index >= 15 is 0 Å². The summed E-state index contributed by atoms with van der Waals surface area (Å²) in [4.78, 5) is 41.7. The first-order valence-corrected chi connectivity index (χ1v) is 18.1. The van der Waals surface area contributed by atoms with Gasteiger partial charge in [-0.1, -0.05) is 90.5 Å². The van der Waals surface area contributed by atoms with Gasteiger partial charge in [-0.2, -0.15) is 0 Å². The first-order chi connectivity index (χ1) is 26.6. The zero-order valence-corrected chi connectivity index (χ0v) is 30.4. The van der Waals surface area contributed by atoms with Gasteiger partial charge in [0.1, 0.15) is 18.1 Å². The zero-order chi connectivity index (χ0) is 38.7. The van der Waals surface area contributed by atoms with Crippen LogP contribution in [0.1, 0.15) is 62.3 Å². The van der Waals surface area contributed by atoms with Crippen molar-refractivity contribution in [2.75, 3.05) is 19.6 Å². The van der Waals surface area contributed by atoms with Crippen molar-refractivity contribution < 1.29 is 29.6 Å². The standard InChI is InChI=1S/C44H44N4O7/c1-29-8-5-9-31(24-29)27-48(23-7-22-45-26-39(50)36-18-20-38(49)42-37(36)19-21-40(51)46-42)43(52)33-16-14-30(15-17-33)28-55-35-13-6-12-34(25-35)41(47-44(53)54)32-10-3-2-4-11-32/h2-6,8-21,24-25,39,41,45,47,49-50H,7,22-23,26-28H2,1H3,(H,46,51)(H,53,54)/t39?,41-/m0/s1. The second-order valence-electron chi connectivity index (χ2n) is 13.4. The number of aromatic nitrogens is 1. The van der Waals surface area contributed by atoms with E-state index in [0.717, 1.165) is 27.8 Å². The number of phenols is 1. The number of carboxylic acid groups (broad SMARTS) is 1. The van der Waals surface area contributed by atoms with Crippen LogP contribution >= 0.6 is 0 Å². The minimum atomic E-state index is -1.12. The van der Waals surface area contributed by atoms with Gasteiger partial charge >= 0.3 is 6.09 Å². The number of carbonyl (C=O) groups excluding carboxylic acids is 1. The van der Waals surface area contributed by atoms with Crippen molar-refractivity contribution >= 4 is 22.9 Å². The van der Waals surface area contributed by atoms with Gasteiger partial charge in [-0.05, 0) is 84.1 Å². The van der Waals surface area contributed by atoms with Crippen molar-refractivity contribution in [2.45, 2.75) is 38.6 Å². The van der Waals surface area contributed by atoms with Gasteiger partial charge in [-0.25, -0.2) is 4.79 Å². The molecule has 0 aliphatic carbocycles. The van der Waals surface area contributed by atoms with Crippen LogP contribution in [0.4, 0.5) is 4.79 Å². The molecule has 0 bridgehead atoms. The van der Waals surface area contributed by atoms with Crippen LogP contribution in [0.5, 0.6) is 11.5 Å². The Balaban J connectivity index is 1.07. The van der Waals surface area contributed by atoms with Gasteiger partial charge in [0.25, 0.3) is 5.91 Å². The highest BCUT2D eigenvalue weighted by atomic mass is 16.5. The number of rotatable bonds is 16. The molecule has 282 valence electrons. The van der Waals surface area contributed by atoms with Gasteiger partial charge in [-0.3, -0.25) is 9.59 Å². The molecule has 6 aromatic rings. The minimum Gasteiger partial charge on any atom is -0.506 e. The fourth-order valence-electron chi connectivity index (χ4n) is 6.58. The number of benzene rings is 5. The highest BCUT2D eigenvalue weighted by Gasteiger charge is 2.19. The number of aryl methyl sites for hydroxylation is 1. The molecule has 1 aromatic heterocycles. The van der Waals surface area contributed by atoms with Crippen LogP contribution in [-0.2, 0) is 13.2 Å². The Morgan fingerprint density at radius 1 is 0.836 bits per heavy atom. The molecule has 0 aliphatic heterocycles. The number of carbonyl (C=O) groups is 2. The Morgan fingerprint density at radius 2 is 1.60 bits per heavy atom. The smallest absolute Gasteiger partial charge is 0.405 e. The second kappa shape index (κ2) is 18.1. The summed E-state index contributed by atoms with van der Waals surface area (Å²) < 4.78 is 6.09. The quantitative estimate of drug-likeness (QED) is 0.0588. The minimum absolute atomic E-state index is 0.0645. The summed E-state index contributed by atoms with van der Waals surface area (Å²) in [6, 6.07) is 37.6. The molecule has 0 aliphatic rings. The first kappa shape index (κ1) is 38.3. The molecule has 0 radical (unpaired) electrons. The summed E-state index contributed by atoms with van der Waals surface area (Å²) in [5.41, 5.74) is 5.63. The Hall–Kier alpha value is -6.43. The van der Waals surface area contributed by atoms with E-state index in [4.69, 9.17) is 4.74 Å². The topological polar surface area (TPSA) is 164 Å². The molecule has 6 N–H and O–H groups in total. The SMILES string of the molecule is Cc1cccc(CN(CCCNCC(O)c2ccc(O)c3[nH]c(=O)ccc23)C(=O)c2ccc(COc3cccc([C@@H](NC(=O)O)c4ccccc4)c3)cc2)c1. The van der Waals surface area contributed by atoms with Gasteiger partial charge in [0, 0.05) is 36.7 Å². The fourth-order valence-corrected chi connectivity index (χ4v) is 6.58. The summed E-state index contributed by atoms with van der Waals surface area (Å²) >= 11 is 0. The number of pyridine rings is 1. The monoisotopic (exact) mass is 740 g/mol. The van der Waals surface area contributed by atoms with Crippen LogP contribution in [0.2, 0.25) is 0 Å². The van der Waals surface area contributed by atoms with E-state index in [1.54, 1.807) is 24.3 Å². The van der Waals surface area contributed by atoms with E-state index in [1.165, 1.54) is 12.1 Å². The van der Waals surface area contributed by atoms with Crippen molar-refractivity contribution in [2.24, 2.45) is 0 Å². The molecule has 1 unspecified atom stereocenters. The summed E-state index contributed by atoms with van der Waals surface area (Å²) in [5.74, 6) is 0.415. The number of amides is 2. The second-order valence-corrected chi connectivity index (χ2v) is 13.4. The molecule has 6 rings (SSSR count). The summed E-state index contributed by atoms with van der Waals surface area (Å²) in [6.07, 6.45) is -1.38. The third-order valence-corrected chi connectivity index (χ3v) is 9.33. The van der Waals surface area contributed by atoms with Gasteiger partial charge in [-0.15, -0.1) is 0 Å². The van der Waals surface area contributed by atoms with Gasteiger partial charge in [0.2, 0.25) is 5.56 Å². The van der Waals surface area contributed by atoms with Crippen LogP contribution in [0.3, 0.4) is 0 Å². The third kappa shape index (κ3) is 10.2. The molecule has 11 heteroatoms. The number of phenolic OH excluding ortho intramolecular Hbond substituents is 1. The van der Waals surface area contributed by atoms with Gasteiger partial charge in [0.05, 0.1) is 17.7 Å². The Morgan fingerprint density at radius 3 is 2.36 bits per heavy atom. The number of aliphatic hydroxyl groups excluding tert-OH is 1. The van der Waals surface area contributed by atoms with Crippen LogP contribution in [0, 0.1) is 6.92 Å². The number of nitrogens with one attached hydrogen (secondary N) is 3. The van der Waals surface area contributed by atoms with E-state index < -0.39 is 18.2 Å². The van der Waals surface area contributed by atoms with Crippen LogP contribution in [-0.4, -0.2) is 56.8 Å². The van der Waals surface area contributed by atoms with E-state index in [1.807, 2.05) is 96.8 Å². The Kier molecular flexibility index (Phi) is 12.6. The summed E-state index contributed by atoms with van der Waals surface area (Å²) in [7, 11) is 0. The Labute approximate surface area is 318 Å². The van der Waals surface area contributed by atoms with Gasteiger partial charge < -0.3 is 40.6 Å². The normalized spacial score (nSPS) is 12.2. The van der Waals surface area contributed by atoms with Crippen molar-refractivity contribution in [3.8, 4) is 11.5 Å². The number of nitrogens with zero attached hydrogens (tertiary/aromatic N) is 1. The maximum absolute atomic E-state index is 13.9. The number of hydrogen-bond acceptors (Lipinski definition) is 7. The first-order valence-electron chi connectivity index (χ1n) is 18.1. The van der Waals surface area contributed by atoms with Crippen LogP contribution in [0.15, 0.2) is 132 Å². The number of aliphatic hydroxyl groups is 1. The zero-order valence-electron chi connectivity index (χ0n) is 30.4. The lowest BCUT2D eigenvalue weighted by molar-refractivity contribution is 0.0740.